The number of alkyl halides is 1. The molecule has 1 amide bonds. The summed E-state index contributed by atoms with van der Waals surface area (Å²) in [5, 5.41) is 11.0. The average Bonchev–Trinajstić information content (AvgIpc) is 2.79. The fraction of sp³-hybridized carbons (Fsp3) is 0.294. The van der Waals surface area contributed by atoms with Gasteiger partial charge in [0.2, 0.25) is 0 Å². The Kier molecular flexibility index (Phi) is 4.83. The van der Waals surface area contributed by atoms with Gasteiger partial charge in [0.25, 0.3) is 5.91 Å². The molecule has 1 aromatic heterocycles. The maximum atomic E-state index is 12.7. The lowest BCUT2D eigenvalue weighted by Crippen LogP contribution is -2.42. The molecule has 1 unspecified atom stereocenters. The predicted molar refractivity (Wildman–Crippen MR) is 84.8 cm³/mol. The van der Waals surface area contributed by atoms with Crippen molar-refractivity contribution in [2.24, 2.45) is 0 Å². The van der Waals surface area contributed by atoms with Crippen LogP contribution in [-0.2, 0) is 4.79 Å². The van der Waals surface area contributed by atoms with Crippen molar-refractivity contribution in [3.8, 4) is 5.69 Å². The van der Waals surface area contributed by atoms with E-state index in [0.29, 0.717) is 11.3 Å². The zero-order valence-electron chi connectivity index (χ0n) is 13.3. The van der Waals surface area contributed by atoms with Crippen LogP contribution in [0.25, 0.3) is 5.69 Å². The van der Waals surface area contributed by atoms with E-state index in [-0.39, 0.29) is 0 Å². The summed E-state index contributed by atoms with van der Waals surface area (Å²) in [6.45, 7) is 4.45. The number of rotatable bonds is 5. The molecule has 0 fully saturated rings. The fourth-order valence-electron chi connectivity index (χ4n) is 2.56. The number of aryl methyl sites for hydroxylation is 2. The van der Waals surface area contributed by atoms with E-state index in [1.165, 1.54) is 0 Å². The number of carboxylic acids is 1. The first-order valence-electron chi connectivity index (χ1n) is 7.20. The average molecular weight is 318 g/mol. The lowest BCUT2D eigenvalue weighted by molar-refractivity contribution is -0.139. The predicted octanol–water partition coefficient (Wildman–Crippen LogP) is 2.56. The maximum absolute atomic E-state index is 12.7. The normalized spacial score (nSPS) is 12.0. The summed E-state index contributed by atoms with van der Waals surface area (Å²) in [6.07, 6.45) is 0. The molecule has 0 spiro atoms. The van der Waals surface area contributed by atoms with Crippen LogP contribution >= 0.6 is 0 Å². The molecule has 23 heavy (non-hydrogen) atoms. The Bertz CT molecular complexity index is 752. The molecule has 0 aliphatic heterocycles. The van der Waals surface area contributed by atoms with Crippen LogP contribution in [0.3, 0.4) is 0 Å². The maximum Gasteiger partial charge on any atom is 0.328 e. The molecule has 0 aliphatic rings. The minimum Gasteiger partial charge on any atom is -0.480 e. The number of benzene rings is 1. The molecule has 5 nitrogen and oxygen atoms in total. The van der Waals surface area contributed by atoms with Crippen molar-refractivity contribution >= 4 is 11.9 Å². The molecule has 0 saturated heterocycles. The zero-order valence-corrected chi connectivity index (χ0v) is 13.3. The lowest BCUT2D eigenvalue weighted by Gasteiger charge is -2.12. The van der Waals surface area contributed by atoms with Gasteiger partial charge in [0.15, 0.2) is 6.04 Å². The van der Waals surface area contributed by atoms with Crippen molar-refractivity contribution in [1.29, 1.82) is 0 Å². The summed E-state index contributed by atoms with van der Waals surface area (Å²) in [5.41, 5.74) is 3.85. The van der Waals surface area contributed by atoms with Crippen molar-refractivity contribution in [3.63, 3.8) is 0 Å². The molecule has 0 aliphatic carbocycles. The van der Waals surface area contributed by atoms with Crippen molar-refractivity contribution in [3.05, 3.63) is 52.8 Å². The van der Waals surface area contributed by atoms with Crippen LogP contribution in [-0.4, -0.2) is 34.3 Å². The number of carbonyl (C=O) groups excluding carboxylic acids is 1. The number of hydrogen-bond acceptors (Lipinski definition) is 2. The first-order chi connectivity index (χ1) is 10.8. The molecule has 2 N–H and O–H groups in total. The van der Waals surface area contributed by atoms with Crippen molar-refractivity contribution in [1.82, 2.24) is 9.88 Å². The van der Waals surface area contributed by atoms with E-state index >= 15 is 0 Å². The third-order valence-corrected chi connectivity index (χ3v) is 3.69. The molecule has 2 rings (SSSR count). The fourth-order valence-corrected chi connectivity index (χ4v) is 2.56. The van der Waals surface area contributed by atoms with E-state index in [2.05, 4.69) is 5.32 Å². The Morgan fingerprint density at radius 2 is 1.96 bits per heavy atom. The topological polar surface area (TPSA) is 71.3 Å². The smallest absolute Gasteiger partial charge is 0.328 e. The SMILES string of the molecule is Cc1cccc(-n2c(C)cc(C(=O)NC(CF)C(=O)O)c2C)c1. The van der Waals surface area contributed by atoms with E-state index in [0.717, 1.165) is 16.9 Å². The van der Waals surface area contributed by atoms with Gasteiger partial charge in [-0.15, -0.1) is 0 Å². The first-order valence-corrected chi connectivity index (χ1v) is 7.20. The second-order valence-corrected chi connectivity index (χ2v) is 5.48. The standard InChI is InChI=1S/C17H19FN2O3/c1-10-5-4-6-13(7-10)20-11(2)8-14(12(20)3)16(21)19-15(9-18)17(22)23/h4-8,15H,9H2,1-3H3,(H,19,21)(H,22,23). The Labute approximate surface area is 133 Å². The van der Waals surface area contributed by atoms with Gasteiger partial charge in [-0.25, -0.2) is 9.18 Å². The monoisotopic (exact) mass is 318 g/mol. The van der Waals surface area contributed by atoms with E-state index < -0.39 is 24.6 Å². The molecular formula is C17H19FN2O3. The quantitative estimate of drug-likeness (QED) is 0.890. The van der Waals surface area contributed by atoms with Crippen LogP contribution in [0.2, 0.25) is 0 Å². The number of halogens is 1. The zero-order chi connectivity index (χ0) is 17.1. The number of nitrogens with one attached hydrogen (secondary N) is 1. The summed E-state index contributed by atoms with van der Waals surface area (Å²) in [6, 6.07) is 7.95. The van der Waals surface area contributed by atoms with Crippen LogP contribution in [0.4, 0.5) is 4.39 Å². The minimum atomic E-state index is -1.54. The third-order valence-electron chi connectivity index (χ3n) is 3.69. The number of hydrogen-bond donors (Lipinski definition) is 2. The number of carboxylic acid groups (broad SMARTS) is 1. The summed E-state index contributed by atoms with van der Waals surface area (Å²) < 4.78 is 14.6. The second-order valence-electron chi connectivity index (χ2n) is 5.48. The van der Waals surface area contributed by atoms with E-state index in [9.17, 15) is 14.0 Å². The van der Waals surface area contributed by atoms with Gasteiger partial charge in [-0.2, -0.15) is 0 Å². The van der Waals surface area contributed by atoms with Crippen molar-refractivity contribution in [2.45, 2.75) is 26.8 Å². The number of aliphatic carboxylic acids is 1. The molecule has 1 aromatic carbocycles. The molecule has 6 heteroatoms. The van der Waals surface area contributed by atoms with Crippen LogP contribution in [0.5, 0.6) is 0 Å². The Balaban J connectivity index is 2.38. The number of nitrogens with zero attached hydrogens (tertiary/aromatic N) is 1. The highest BCUT2D eigenvalue weighted by atomic mass is 19.1. The number of aromatic nitrogens is 1. The summed E-state index contributed by atoms with van der Waals surface area (Å²) in [4.78, 5) is 23.1. The van der Waals surface area contributed by atoms with Gasteiger partial charge in [0, 0.05) is 17.1 Å². The third kappa shape index (κ3) is 3.41. The van der Waals surface area contributed by atoms with E-state index in [1.54, 1.807) is 13.0 Å². The molecule has 1 heterocycles. The molecule has 122 valence electrons. The lowest BCUT2D eigenvalue weighted by atomic mass is 10.2. The second kappa shape index (κ2) is 6.64. The minimum absolute atomic E-state index is 0.337. The number of carbonyl (C=O) groups is 2. The van der Waals surface area contributed by atoms with Gasteiger partial charge in [0.05, 0.1) is 5.56 Å². The summed E-state index contributed by atoms with van der Waals surface area (Å²) >= 11 is 0. The molecule has 0 bridgehead atoms. The van der Waals surface area contributed by atoms with Crippen molar-refractivity contribution < 1.29 is 19.1 Å². The molecule has 0 saturated carbocycles. The molecule has 1 atom stereocenters. The van der Waals surface area contributed by atoms with Gasteiger partial charge in [-0.05, 0) is 44.5 Å². The highest BCUT2D eigenvalue weighted by Gasteiger charge is 2.23. The van der Waals surface area contributed by atoms with Crippen LogP contribution in [0.15, 0.2) is 30.3 Å². The summed E-state index contributed by atoms with van der Waals surface area (Å²) in [7, 11) is 0. The highest BCUT2D eigenvalue weighted by Crippen LogP contribution is 2.21. The van der Waals surface area contributed by atoms with Gasteiger partial charge in [-0.3, -0.25) is 4.79 Å². The number of amides is 1. The summed E-state index contributed by atoms with van der Waals surface area (Å²) in [5.74, 6) is -1.99. The van der Waals surface area contributed by atoms with E-state index in [1.807, 2.05) is 42.7 Å². The highest BCUT2D eigenvalue weighted by molar-refractivity contribution is 5.98. The van der Waals surface area contributed by atoms with Crippen LogP contribution in [0, 0.1) is 20.8 Å². The van der Waals surface area contributed by atoms with Crippen LogP contribution in [0.1, 0.15) is 27.3 Å². The van der Waals surface area contributed by atoms with E-state index in [4.69, 9.17) is 5.11 Å². The van der Waals surface area contributed by atoms with Gasteiger partial charge in [-0.1, -0.05) is 12.1 Å². The molecular weight excluding hydrogens is 299 g/mol. The molecule has 2 aromatic rings. The van der Waals surface area contributed by atoms with Crippen molar-refractivity contribution in [2.75, 3.05) is 6.67 Å². The van der Waals surface area contributed by atoms with Crippen LogP contribution < -0.4 is 5.32 Å². The van der Waals surface area contributed by atoms with Gasteiger partial charge in [0.1, 0.15) is 6.67 Å². The first kappa shape index (κ1) is 16.7. The van der Waals surface area contributed by atoms with Gasteiger partial charge < -0.3 is 15.0 Å². The largest absolute Gasteiger partial charge is 0.480 e. The van der Waals surface area contributed by atoms with Gasteiger partial charge >= 0.3 is 5.97 Å². The molecule has 0 radical (unpaired) electrons. The Morgan fingerprint density at radius 3 is 2.52 bits per heavy atom. The Hall–Kier alpha value is -2.63. The Morgan fingerprint density at radius 1 is 1.26 bits per heavy atom.